The first-order valence-electron chi connectivity index (χ1n) is 8.57. The summed E-state index contributed by atoms with van der Waals surface area (Å²) in [7, 11) is 0. The van der Waals surface area contributed by atoms with E-state index in [0.717, 1.165) is 5.56 Å². The third kappa shape index (κ3) is 3.84. The van der Waals surface area contributed by atoms with Crippen molar-refractivity contribution in [1.82, 2.24) is 25.1 Å². The highest BCUT2D eigenvalue weighted by atomic mass is 32.2. The molecule has 0 fully saturated rings. The van der Waals surface area contributed by atoms with Crippen molar-refractivity contribution in [3.05, 3.63) is 70.2 Å². The lowest BCUT2D eigenvalue weighted by atomic mass is 10.1. The van der Waals surface area contributed by atoms with Crippen LogP contribution in [-0.4, -0.2) is 31.5 Å². The first kappa shape index (κ1) is 18.1. The van der Waals surface area contributed by atoms with Crippen LogP contribution >= 0.6 is 11.8 Å². The summed E-state index contributed by atoms with van der Waals surface area (Å²) < 4.78 is 6.75. The predicted molar refractivity (Wildman–Crippen MR) is 105 cm³/mol. The number of carbonyl (C=O) groups excluding carboxylic acids is 1. The second-order valence-electron chi connectivity index (χ2n) is 6.19. The smallest absolute Gasteiger partial charge is 0.290 e. The number of furan rings is 1. The lowest BCUT2D eigenvalue weighted by Gasteiger charge is -2.06. The van der Waals surface area contributed by atoms with Crippen molar-refractivity contribution in [1.29, 1.82) is 0 Å². The highest BCUT2D eigenvalue weighted by Gasteiger charge is 2.14. The zero-order valence-corrected chi connectivity index (χ0v) is 15.8. The van der Waals surface area contributed by atoms with Gasteiger partial charge in [-0.3, -0.25) is 9.59 Å². The van der Waals surface area contributed by atoms with Gasteiger partial charge >= 0.3 is 0 Å². The molecule has 0 aliphatic carbocycles. The fourth-order valence-electron chi connectivity index (χ4n) is 2.62. The molecule has 0 atom stereocenters. The van der Waals surface area contributed by atoms with Crippen LogP contribution in [0.3, 0.4) is 0 Å². The normalized spacial score (nSPS) is 11.0. The average Bonchev–Trinajstić information content (AvgIpc) is 3.37. The van der Waals surface area contributed by atoms with E-state index >= 15 is 0 Å². The SMILES string of the molecule is Cc1ccc(CNC(=O)CSc2n[nH]c(=O)c3cc(-c4ccco4)nn23)cc1. The summed E-state index contributed by atoms with van der Waals surface area (Å²) in [6.07, 6.45) is 1.54. The number of rotatable bonds is 6. The van der Waals surface area contributed by atoms with Crippen molar-refractivity contribution >= 4 is 23.2 Å². The van der Waals surface area contributed by atoms with E-state index < -0.39 is 0 Å². The number of hydrogen-bond donors (Lipinski definition) is 2. The van der Waals surface area contributed by atoms with Gasteiger partial charge in [0.15, 0.2) is 5.76 Å². The number of hydrogen-bond acceptors (Lipinski definition) is 6. The molecule has 0 saturated carbocycles. The van der Waals surface area contributed by atoms with Crippen LogP contribution in [0.4, 0.5) is 0 Å². The molecule has 0 aliphatic heterocycles. The third-order valence-corrected chi connectivity index (χ3v) is 5.02. The molecule has 2 N–H and O–H groups in total. The maximum Gasteiger partial charge on any atom is 0.290 e. The number of aryl methyl sites for hydroxylation is 1. The van der Waals surface area contributed by atoms with Crippen LogP contribution in [0.1, 0.15) is 11.1 Å². The van der Waals surface area contributed by atoms with Crippen molar-refractivity contribution in [3.8, 4) is 11.5 Å². The molecule has 9 heteroatoms. The summed E-state index contributed by atoms with van der Waals surface area (Å²) in [4.78, 5) is 24.2. The van der Waals surface area contributed by atoms with Gasteiger partial charge in [0.1, 0.15) is 11.2 Å². The van der Waals surface area contributed by atoms with E-state index in [2.05, 4.69) is 20.6 Å². The number of fused-ring (bicyclic) bond motifs is 1. The van der Waals surface area contributed by atoms with Crippen molar-refractivity contribution in [2.75, 3.05) is 5.75 Å². The van der Waals surface area contributed by atoms with Crippen molar-refractivity contribution in [2.24, 2.45) is 0 Å². The molecule has 3 aromatic heterocycles. The minimum absolute atomic E-state index is 0.134. The summed E-state index contributed by atoms with van der Waals surface area (Å²) in [5.74, 6) is 0.565. The molecule has 28 heavy (non-hydrogen) atoms. The van der Waals surface area contributed by atoms with Gasteiger partial charge in [0.05, 0.1) is 12.0 Å². The van der Waals surface area contributed by atoms with Crippen LogP contribution in [-0.2, 0) is 11.3 Å². The molecule has 1 aromatic carbocycles. The Morgan fingerprint density at radius 1 is 1.29 bits per heavy atom. The van der Waals surface area contributed by atoms with E-state index in [9.17, 15) is 9.59 Å². The first-order chi connectivity index (χ1) is 13.6. The number of nitrogens with zero attached hydrogens (tertiary/aromatic N) is 3. The molecule has 1 amide bonds. The minimum atomic E-state index is -0.363. The van der Waals surface area contributed by atoms with Gasteiger partial charge in [-0.25, -0.2) is 9.61 Å². The summed E-state index contributed by atoms with van der Waals surface area (Å²) in [6, 6.07) is 13.1. The van der Waals surface area contributed by atoms with E-state index in [1.54, 1.807) is 18.2 Å². The molecule has 0 radical (unpaired) electrons. The number of amides is 1. The predicted octanol–water partition coefficient (Wildman–Crippen LogP) is 2.39. The summed E-state index contributed by atoms with van der Waals surface area (Å²) in [5.41, 5.74) is 2.70. The zero-order chi connectivity index (χ0) is 19.5. The van der Waals surface area contributed by atoms with E-state index in [1.807, 2.05) is 31.2 Å². The molecule has 142 valence electrons. The van der Waals surface area contributed by atoms with Gasteiger partial charge in [0, 0.05) is 12.6 Å². The Labute approximate surface area is 164 Å². The second kappa shape index (κ2) is 7.73. The molecule has 0 saturated heterocycles. The number of nitrogens with one attached hydrogen (secondary N) is 2. The highest BCUT2D eigenvalue weighted by molar-refractivity contribution is 7.99. The Morgan fingerprint density at radius 3 is 2.86 bits per heavy atom. The first-order valence-corrected chi connectivity index (χ1v) is 9.56. The fraction of sp³-hybridized carbons (Fsp3) is 0.158. The van der Waals surface area contributed by atoms with E-state index in [4.69, 9.17) is 4.42 Å². The van der Waals surface area contributed by atoms with Crippen molar-refractivity contribution in [2.45, 2.75) is 18.6 Å². The molecule has 0 bridgehead atoms. The second-order valence-corrected chi connectivity index (χ2v) is 7.13. The van der Waals surface area contributed by atoms with Crippen LogP contribution in [0.25, 0.3) is 17.0 Å². The van der Waals surface area contributed by atoms with Gasteiger partial charge in [0.2, 0.25) is 11.1 Å². The average molecular weight is 395 g/mol. The lowest BCUT2D eigenvalue weighted by molar-refractivity contribution is -0.118. The van der Waals surface area contributed by atoms with Gasteiger partial charge in [0.25, 0.3) is 5.56 Å². The molecule has 8 nitrogen and oxygen atoms in total. The van der Waals surface area contributed by atoms with E-state index in [0.29, 0.717) is 28.7 Å². The standard InChI is InChI=1S/C19H17N5O3S/c1-12-4-6-13(7-5-12)10-20-17(25)11-28-19-22-21-18(26)15-9-14(23-24(15)19)16-3-2-8-27-16/h2-9H,10-11H2,1H3,(H,20,25)(H,21,26). The summed E-state index contributed by atoms with van der Waals surface area (Å²) in [5, 5.41) is 14.1. The molecular weight excluding hydrogens is 378 g/mol. The van der Waals surface area contributed by atoms with Crippen molar-refractivity contribution < 1.29 is 9.21 Å². The van der Waals surface area contributed by atoms with E-state index in [1.165, 1.54) is 28.1 Å². The highest BCUT2D eigenvalue weighted by Crippen LogP contribution is 2.21. The molecule has 0 aliphatic rings. The van der Waals surface area contributed by atoms with Crippen LogP contribution in [0.2, 0.25) is 0 Å². The maximum atomic E-state index is 12.2. The Morgan fingerprint density at radius 2 is 2.11 bits per heavy atom. The third-order valence-electron chi connectivity index (χ3n) is 4.09. The molecule has 4 rings (SSSR count). The fourth-order valence-corrected chi connectivity index (χ4v) is 3.35. The molecule has 0 unspecified atom stereocenters. The van der Waals surface area contributed by atoms with Crippen LogP contribution in [0.5, 0.6) is 0 Å². The Hall–Kier alpha value is -3.33. The number of H-pyrrole nitrogens is 1. The number of aromatic amines is 1. The van der Waals surface area contributed by atoms with Crippen molar-refractivity contribution in [3.63, 3.8) is 0 Å². The van der Waals surface area contributed by atoms with Crippen LogP contribution < -0.4 is 10.9 Å². The maximum absolute atomic E-state index is 12.2. The lowest BCUT2D eigenvalue weighted by Crippen LogP contribution is -2.25. The van der Waals surface area contributed by atoms with Gasteiger partial charge in [-0.2, -0.15) is 5.10 Å². The van der Waals surface area contributed by atoms with Gasteiger partial charge in [-0.05, 0) is 24.6 Å². The molecular formula is C19H17N5O3S. The van der Waals surface area contributed by atoms with Gasteiger partial charge < -0.3 is 9.73 Å². The Kier molecular flexibility index (Phi) is 4.98. The Balaban J connectivity index is 1.45. The van der Waals surface area contributed by atoms with Gasteiger partial charge in [-0.15, -0.1) is 5.10 Å². The topological polar surface area (TPSA) is 105 Å². The van der Waals surface area contributed by atoms with Crippen LogP contribution in [0, 0.1) is 6.92 Å². The van der Waals surface area contributed by atoms with Crippen LogP contribution in [0.15, 0.2) is 63.1 Å². The monoisotopic (exact) mass is 395 g/mol. The molecule has 4 aromatic rings. The number of thioether (sulfide) groups is 1. The largest absolute Gasteiger partial charge is 0.463 e. The Bertz CT molecular complexity index is 1160. The van der Waals surface area contributed by atoms with E-state index in [-0.39, 0.29) is 17.2 Å². The number of carbonyl (C=O) groups is 1. The van der Waals surface area contributed by atoms with Gasteiger partial charge in [-0.1, -0.05) is 41.6 Å². The quantitative estimate of drug-likeness (QED) is 0.486. The summed E-state index contributed by atoms with van der Waals surface area (Å²) >= 11 is 1.19. The zero-order valence-electron chi connectivity index (χ0n) is 15.0. The number of aromatic nitrogens is 4. The molecule has 3 heterocycles. The molecule has 0 spiro atoms. The summed E-state index contributed by atoms with van der Waals surface area (Å²) in [6.45, 7) is 2.47. The number of benzene rings is 1. The minimum Gasteiger partial charge on any atom is -0.463 e.